The third-order valence-corrected chi connectivity index (χ3v) is 4.87. The van der Waals surface area contributed by atoms with E-state index in [1.54, 1.807) is 0 Å². The first-order valence-electron chi connectivity index (χ1n) is 9.29. The van der Waals surface area contributed by atoms with E-state index in [9.17, 15) is 4.79 Å². The number of aryl methyl sites for hydroxylation is 3. The smallest absolute Gasteiger partial charge is 0.217 e. The molecule has 0 spiro atoms. The molecule has 25 heavy (non-hydrogen) atoms. The molecule has 1 aromatic rings. The van der Waals surface area contributed by atoms with Crippen molar-refractivity contribution in [3.05, 3.63) is 34.4 Å². The maximum absolute atomic E-state index is 11.2. The second-order valence-electron chi connectivity index (χ2n) is 7.17. The maximum Gasteiger partial charge on any atom is 0.217 e. The van der Waals surface area contributed by atoms with Crippen LogP contribution in [0.15, 0.2) is 17.1 Å². The molecule has 1 amide bonds. The highest BCUT2D eigenvalue weighted by Crippen LogP contribution is 2.21. The lowest BCUT2D eigenvalue weighted by molar-refractivity contribution is -0.119. The van der Waals surface area contributed by atoms with Crippen molar-refractivity contribution >= 4 is 11.9 Å². The van der Waals surface area contributed by atoms with Crippen LogP contribution in [0.4, 0.5) is 0 Å². The Hall–Kier alpha value is -2.04. The van der Waals surface area contributed by atoms with Gasteiger partial charge < -0.3 is 16.0 Å². The van der Waals surface area contributed by atoms with Gasteiger partial charge in [-0.2, -0.15) is 0 Å². The Morgan fingerprint density at radius 3 is 2.60 bits per heavy atom. The number of rotatable bonds is 5. The highest BCUT2D eigenvalue weighted by atomic mass is 16.1. The summed E-state index contributed by atoms with van der Waals surface area (Å²) in [6.07, 6.45) is 2.60. The Morgan fingerprint density at radius 2 is 2.00 bits per heavy atom. The predicted octanol–water partition coefficient (Wildman–Crippen LogP) is 2.66. The van der Waals surface area contributed by atoms with Gasteiger partial charge in [0.25, 0.3) is 0 Å². The number of aliphatic imine (C=N–C) groups is 1. The molecule has 1 aliphatic rings. The minimum atomic E-state index is -0.209. The van der Waals surface area contributed by atoms with Crippen molar-refractivity contribution in [3.63, 3.8) is 0 Å². The molecular weight excluding hydrogens is 312 g/mol. The average molecular weight is 345 g/mol. The van der Waals surface area contributed by atoms with Crippen LogP contribution in [-0.4, -0.2) is 36.4 Å². The molecule has 0 aliphatic carbocycles. The number of nitrogens with one attached hydrogen (secondary N) is 1. The number of benzene rings is 1. The van der Waals surface area contributed by atoms with Crippen molar-refractivity contribution in [2.75, 3.05) is 19.6 Å². The number of hydrogen-bond acceptors (Lipinski definition) is 2. The fraction of sp³-hybridized carbons (Fsp3) is 0.600. The molecule has 2 rings (SSSR count). The van der Waals surface area contributed by atoms with Gasteiger partial charge in [0.05, 0.1) is 6.54 Å². The maximum atomic E-state index is 11.2. The zero-order valence-corrected chi connectivity index (χ0v) is 16.1. The second kappa shape index (κ2) is 8.88. The Bertz CT molecular complexity index is 616. The summed E-state index contributed by atoms with van der Waals surface area (Å²) in [6.45, 7) is 11.9. The lowest BCUT2D eigenvalue weighted by Crippen LogP contribution is -2.47. The van der Waals surface area contributed by atoms with E-state index in [0.717, 1.165) is 38.4 Å². The number of carbonyl (C=O) groups is 1. The summed E-state index contributed by atoms with van der Waals surface area (Å²) in [5.74, 6) is 1.06. The van der Waals surface area contributed by atoms with E-state index in [2.05, 4.69) is 50.0 Å². The number of guanidine groups is 1. The van der Waals surface area contributed by atoms with E-state index in [-0.39, 0.29) is 5.91 Å². The summed E-state index contributed by atoms with van der Waals surface area (Å²) in [5.41, 5.74) is 10.6. The van der Waals surface area contributed by atoms with Crippen LogP contribution in [-0.2, 0) is 11.3 Å². The lowest BCUT2D eigenvalue weighted by atomic mass is 9.95. The molecule has 1 unspecified atom stereocenters. The zero-order valence-electron chi connectivity index (χ0n) is 16.1. The molecule has 5 nitrogen and oxygen atoms in total. The van der Waals surface area contributed by atoms with Crippen molar-refractivity contribution in [2.45, 2.75) is 53.5 Å². The van der Waals surface area contributed by atoms with Crippen molar-refractivity contribution in [1.29, 1.82) is 0 Å². The standard InChI is InChI=1S/C20H32N4O/c1-5-22-20(24-8-6-7-17(13-24)11-19(21)25)23-12-18-15(3)9-14(2)10-16(18)4/h9-10,17H,5-8,11-13H2,1-4H3,(H2,21,25)(H,22,23). The van der Waals surface area contributed by atoms with E-state index >= 15 is 0 Å². The molecule has 1 heterocycles. The molecule has 1 aromatic carbocycles. The Balaban J connectivity index is 2.14. The Labute approximate surface area is 151 Å². The third-order valence-electron chi connectivity index (χ3n) is 4.87. The van der Waals surface area contributed by atoms with Gasteiger partial charge in [0.15, 0.2) is 5.96 Å². The number of nitrogens with two attached hydrogens (primary N) is 1. The van der Waals surface area contributed by atoms with Gasteiger partial charge >= 0.3 is 0 Å². The summed E-state index contributed by atoms with van der Waals surface area (Å²) in [5, 5.41) is 3.41. The van der Waals surface area contributed by atoms with E-state index in [1.807, 2.05) is 0 Å². The summed E-state index contributed by atoms with van der Waals surface area (Å²) in [4.78, 5) is 18.4. The Kier molecular flexibility index (Phi) is 6.85. The van der Waals surface area contributed by atoms with Crippen molar-refractivity contribution in [3.8, 4) is 0 Å². The van der Waals surface area contributed by atoms with Crippen molar-refractivity contribution in [2.24, 2.45) is 16.6 Å². The van der Waals surface area contributed by atoms with E-state index in [4.69, 9.17) is 10.7 Å². The topological polar surface area (TPSA) is 70.7 Å². The number of carbonyl (C=O) groups excluding carboxylic acids is 1. The van der Waals surface area contributed by atoms with Crippen LogP contribution in [0.5, 0.6) is 0 Å². The normalized spacial score (nSPS) is 18.3. The summed E-state index contributed by atoms with van der Waals surface area (Å²) < 4.78 is 0. The van der Waals surface area contributed by atoms with Crippen LogP contribution in [0.1, 0.15) is 48.4 Å². The first-order valence-corrected chi connectivity index (χ1v) is 9.29. The quantitative estimate of drug-likeness (QED) is 0.637. The Morgan fingerprint density at radius 1 is 1.32 bits per heavy atom. The number of primary amides is 1. The highest BCUT2D eigenvalue weighted by molar-refractivity contribution is 5.80. The van der Waals surface area contributed by atoms with E-state index in [1.165, 1.54) is 22.3 Å². The molecule has 0 radical (unpaired) electrons. The molecule has 138 valence electrons. The minimum absolute atomic E-state index is 0.209. The van der Waals surface area contributed by atoms with Gasteiger partial charge in [-0.15, -0.1) is 0 Å². The number of likely N-dealkylation sites (tertiary alicyclic amines) is 1. The van der Waals surface area contributed by atoms with Crippen LogP contribution in [0, 0.1) is 26.7 Å². The zero-order chi connectivity index (χ0) is 18.4. The van der Waals surface area contributed by atoms with E-state index in [0.29, 0.717) is 18.9 Å². The van der Waals surface area contributed by atoms with Crippen LogP contribution < -0.4 is 11.1 Å². The molecule has 1 atom stereocenters. The summed E-state index contributed by atoms with van der Waals surface area (Å²) in [7, 11) is 0. The first kappa shape index (κ1) is 19.3. The number of nitrogens with zero attached hydrogens (tertiary/aromatic N) is 2. The minimum Gasteiger partial charge on any atom is -0.370 e. The fourth-order valence-electron chi connectivity index (χ4n) is 3.75. The SMILES string of the molecule is CCNC(=NCc1c(C)cc(C)cc1C)N1CCCC(CC(N)=O)C1. The van der Waals surface area contributed by atoms with Crippen molar-refractivity contribution in [1.82, 2.24) is 10.2 Å². The summed E-state index contributed by atoms with van der Waals surface area (Å²) in [6, 6.07) is 4.43. The van der Waals surface area contributed by atoms with E-state index < -0.39 is 0 Å². The van der Waals surface area contributed by atoms with Crippen LogP contribution >= 0.6 is 0 Å². The summed E-state index contributed by atoms with van der Waals surface area (Å²) >= 11 is 0. The number of hydrogen-bond donors (Lipinski definition) is 2. The second-order valence-corrected chi connectivity index (χ2v) is 7.17. The van der Waals surface area contributed by atoms with Crippen LogP contribution in [0.25, 0.3) is 0 Å². The first-order chi connectivity index (χ1) is 11.9. The molecule has 0 saturated carbocycles. The molecule has 3 N–H and O–H groups in total. The van der Waals surface area contributed by atoms with Gasteiger partial charge in [-0.25, -0.2) is 4.99 Å². The van der Waals surface area contributed by atoms with Gasteiger partial charge in [-0.05, 0) is 63.1 Å². The lowest BCUT2D eigenvalue weighted by Gasteiger charge is -2.34. The molecule has 1 fully saturated rings. The number of amides is 1. The van der Waals surface area contributed by atoms with Gasteiger partial charge in [0, 0.05) is 26.1 Å². The molecule has 0 aromatic heterocycles. The van der Waals surface area contributed by atoms with Crippen molar-refractivity contribution < 1.29 is 4.79 Å². The van der Waals surface area contributed by atoms with Gasteiger partial charge in [-0.1, -0.05) is 17.7 Å². The number of piperidine rings is 1. The average Bonchev–Trinajstić information content (AvgIpc) is 2.52. The largest absolute Gasteiger partial charge is 0.370 e. The molecule has 1 aliphatic heterocycles. The molecular formula is C20H32N4O. The highest BCUT2D eigenvalue weighted by Gasteiger charge is 2.23. The van der Waals surface area contributed by atoms with Gasteiger partial charge in [0.2, 0.25) is 5.91 Å². The molecule has 5 heteroatoms. The monoisotopic (exact) mass is 344 g/mol. The van der Waals surface area contributed by atoms with Crippen LogP contribution in [0.3, 0.4) is 0 Å². The van der Waals surface area contributed by atoms with Crippen LogP contribution in [0.2, 0.25) is 0 Å². The predicted molar refractivity (Wildman–Crippen MR) is 104 cm³/mol. The molecule has 0 bridgehead atoms. The fourth-order valence-corrected chi connectivity index (χ4v) is 3.75. The van der Waals surface area contributed by atoms with Gasteiger partial charge in [0.1, 0.15) is 0 Å². The third kappa shape index (κ3) is 5.48. The molecule has 1 saturated heterocycles. The van der Waals surface area contributed by atoms with Gasteiger partial charge in [-0.3, -0.25) is 4.79 Å².